The number of hydrogen-bond acceptors (Lipinski definition) is 4. The number of methoxy groups -OCH3 is 1. The van der Waals surface area contributed by atoms with E-state index < -0.39 is 0 Å². The van der Waals surface area contributed by atoms with Crippen LogP contribution in [-0.4, -0.2) is 25.5 Å². The Labute approximate surface area is 110 Å². The number of amides is 1. The van der Waals surface area contributed by atoms with Crippen LogP contribution < -0.4 is 5.32 Å². The molecule has 6 heteroatoms. The molecule has 0 unspecified atom stereocenters. The summed E-state index contributed by atoms with van der Waals surface area (Å²) in [5.41, 5.74) is 0. The average molecular weight is 274 g/mol. The van der Waals surface area contributed by atoms with E-state index in [1.165, 1.54) is 19.2 Å². The van der Waals surface area contributed by atoms with E-state index in [9.17, 15) is 9.59 Å². The Morgan fingerprint density at radius 2 is 2.11 bits per heavy atom. The van der Waals surface area contributed by atoms with Crippen LogP contribution in [0.5, 0.6) is 0 Å². The van der Waals surface area contributed by atoms with Gasteiger partial charge in [0.05, 0.1) is 7.11 Å². The highest BCUT2D eigenvalue weighted by atomic mass is 35.5. The monoisotopic (exact) mass is 273 g/mol. The average Bonchev–Trinajstić information content (AvgIpc) is 2.79. The third kappa shape index (κ3) is 5.23. The van der Waals surface area contributed by atoms with E-state index in [2.05, 4.69) is 10.1 Å². The molecule has 1 heterocycles. The molecule has 1 aromatic rings. The van der Waals surface area contributed by atoms with Crippen LogP contribution in [0, 0.1) is 0 Å². The fourth-order valence-corrected chi connectivity index (χ4v) is 1.54. The molecule has 0 saturated carbocycles. The minimum Gasteiger partial charge on any atom is -0.469 e. The highest BCUT2D eigenvalue weighted by Gasteiger charge is 2.09. The lowest BCUT2D eigenvalue weighted by Gasteiger charge is -2.03. The lowest BCUT2D eigenvalue weighted by Crippen LogP contribution is -2.23. The molecular formula is C12H16ClNO4. The van der Waals surface area contributed by atoms with Crippen LogP contribution >= 0.6 is 11.6 Å². The molecule has 0 spiro atoms. The van der Waals surface area contributed by atoms with Crippen LogP contribution in [0.3, 0.4) is 0 Å². The van der Waals surface area contributed by atoms with Gasteiger partial charge in [-0.25, -0.2) is 0 Å². The molecule has 1 N–H and O–H groups in total. The zero-order valence-electron chi connectivity index (χ0n) is 10.2. The predicted octanol–water partition coefficient (Wildman–Crippen LogP) is 2.40. The zero-order chi connectivity index (χ0) is 13.4. The fourth-order valence-electron chi connectivity index (χ4n) is 1.40. The van der Waals surface area contributed by atoms with Gasteiger partial charge in [-0.2, -0.15) is 0 Å². The summed E-state index contributed by atoms with van der Waals surface area (Å²) < 4.78 is 9.48. The van der Waals surface area contributed by atoms with Gasteiger partial charge in [-0.1, -0.05) is 6.42 Å². The van der Waals surface area contributed by atoms with Crippen molar-refractivity contribution in [1.82, 2.24) is 5.32 Å². The van der Waals surface area contributed by atoms with Crippen LogP contribution in [0.15, 0.2) is 16.5 Å². The highest BCUT2D eigenvalue weighted by Crippen LogP contribution is 2.12. The summed E-state index contributed by atoms with van der Waals surface area (Å²) in [5, 5.41) is 2.90. The van der Waals surface area contributed by atoms with Gasteiger partial charge >= 0.3 is 5.97 Å². The maximum atomic E-state index is 11.5. The maximum Gasteiger partial charge on any atom is 0.305 e. The Balaban J connectivity index is 2.08. The van der Waals surface area contributed by atoms with Crippen LogP contribution in [0.4, 0.5) is 0 Å². The number of carbonyl (C=O) groups is 2. The smallest absolute Gasteiger partial charge is 0.305 e. The van der Waals surface area contributed by atoms with Gasteiger partial charge in [-0.05, 0) is 36.6 Å². The van der Waals surface area contributed by atoms with Gasteiger partial charge in [0.25, 0.3) is 5.91 Å². The number of halogens is 1. The summed E-state index contributed by atoms with van der Waals surface area (Å²) in [6.45, 7) is 0.540. The Kier molecular flexibility index (Phi) is 6.28. The predicted molar refractivity (Wildman–Crippen MR) is 66.5 cm³/mol. The third-order valence-corrected chi connectivity index (χ3v) is 2.57. The molecule has 18 heavy (non-hydrogen) atoms. The third-order valence-electron chi connectivity index (χ3n) is 2.37. The molecule has 0 aliphatic heterocycles. The topological polar surface area (TPSA) is 68.5 Å². The second-order valence-electron chi connectivity index (χ2n) is 3.75. The molecule has 0 aliphatic rings. The molecule has 1 amide bonds. The van der Waals surface area contributed by atoms with E-state index in [1.54, 1.807) is 0 Å². The lowest BCUT2D eigenvalue weighted by atomic mass is 10.2. The highest BCUT2D eigenvalue weighted by molar-refractivity contribution is 6.29. The normalized spacial score (nSPS) is 10.1. The molecule has 1 aromatic heterocycles. The van der Waals surface area contributed by atoms with Crippen molar-refractivity contribution < 1.29 is 18.7 Å². The molecule has 0 fully saturated rings. The van der Waals surface area contributed by atoms with E-state index in [-0.39, 0.29) is 22.9 Å². The Morgan fingerprint density at radius 3 is 2.72 bits per heavy atom. The van der Waals surface area contributed by atoms with E-state index in [0.29, 0.717) is 13.0 Å². The first-order chi connectivity index (χ1) is 8.63. The van der Waals surface area contributed by atoms with Gasteiger partial charge in [-0.15, -0.1) is 0 Å². The quantitative estimate of drug-likeness (QED) is 0.612. The van der Waals surface area contributed by atoms with Crippen molar-refractivity contribution >= 4 is 23.5 Å². The lowest BCUT2D eigenvalue weighted by molar-refractivity contribution is -0.140. The Hall–Kier alpha value is -1.49. The summed E-state index contributed by atoms with van der Waals surface area (Å²) in [4.78, 5) is 22.3. The second kappa shape index (κ2) is 7.76. The van der Waals surface area contributed by atoms with E-state index in [1.807, 2.05) is 0 Å². The molecule has 0 radical (unpaired) electrons. The molecule has 100 valence electrons. The second-order valence-corrected chi connectivity index (χ2v) is 4.12. The minimum atomic E-state index is -0.283. The van der Waals surface area contributed by atoms with Crippen molar-refractivity contribution in [2.75, 3.05) is 13.7 Å². The van der Waals surface area contributed by atoms with Gasteiger partial charge in [0.2, 0.25) is 0 Å². The SMILES string of the molecule is COC(=O)CCCCCNC(=O)c1ccc(Cl)o1. The molecule has 1 rings (SSSR count). The van der Waals surface area contributed by atoms with Crippen molar-refractivity contribution in [3.63, 3.8) is 0 Å². The number of hydrogen-bond donors (Lipinski definition) is 1. The number of unbranched alkanes of at least 4 members (excludes halogenated alkanes) is 2. The first kappa shape index (κ1) is 14.6. The number of esters is 1. The standard InChI is InChI=1S/C12H16ClNO4/c1-17-11(15)5-3-2-4-8-14-12(16)9-6-7-10(13)18-9/h6-7H,2-5,8H2,1H3,(H,14,16). The summed E-state index contributed by atoms with van der Waals surface area (Å²) in [6.07, 6.45) is 2.83. The van der Waals surface area contributed by atoms with Crippen molar-refractivity contribution in [2.45, 2.75) is 25.7 Å². The molecule has 0 aromatic carbocycles. The van der Waals surface area contributed by atoms with Gasteiger partial charge < -0.3 is 14.5 Å². The molecule has 0 saturated heterocycles. The van der Waals surface area contributed by atoms with E-state index >= 15 is 0 Å². The Bertz CT molecular complexity index is 403. The van der Waals surface area contributed by atoms with Crippen LogP contribution in [-0.2, 0) is 9.53 Å². The van der Waals surface area contributed by atoms with Crippen LogP contribution in [0.25, 0.3) is 0 Å². The van der Waals surface area contributed by atoms with E-state index in [0.717, 1.165) is 19.3 Å². The zero-order valence-corrected chi connectivity index (χ0v) is 11.0. The van der Waals surface area contributed by atoms with Crippen molar-refractivity contribution in [3.8, 4) is 0 Å². The number of ether oxygens (including phenoxy) is 1. The molecule has 0 bridgehead atoms. The van der Waals surface area contributed by atoms with Crippen molar-refractivity contribution in [2.24, 2.45) is 0 Å². The number of carbonyl (C=O) groups excluding carboxylic acids is 2. The van der Waals surface area contributed by atoms with Crippen molar-refractivity contribution in [3.05, 3.63) is 23.1 Å². The summed E-state index contributed by atoms with van der Waals surface area (Å²) >= 11 is 5.56. The van der Waals surface area contributed by atoms with Gasteiger partial charge in [0.15, 0.2) is 11.0 Å². The largest absolute Gasteiger partial charge is 0.469 e. The first-order valence-electron chi connectivity index (χ1n) is 5.74. The van der Waals surface area contributed by atoms with Crippen molar-refractivity contribution in [1.29, 1.82) is 0 Å². The minimum absolute atomic E-state index is 0.193. The Morgan fingerprint density at radius 1 is 1.33 bits per heavy atom. The number of nitrogens with one attached hydrogen (secondary N) is 1. The molecule has 0 atom stereocenters. The maximum absolute atomic E-state index is 11.5. The summed E-state index contributed by atoms with van der Waals surface area (Å²) in [7, 11) is 1.37. The molecule has 5 nitrogen and oxygen atoms in total. The van der Waals surface area contributed by atoms with E-state index in [4.69, 9.17) is 16.0 Å². The van der Waals surface area contributed by atoms with Crippen LogP contribution in [0.2, 0.25) is 5.22 Å². The first-order valence-corrected chi connectivity index (χ1v) is 6.11. The molecule has 0 aliphatic carbocycles. The van der Waals surface area contributed by atoms with Gasteiger partial charge in [-0.3, -0.25) is 9.59 Å². The molecular weight excluding hydrogens is 258 g/mol. The van der Waals surface area contributed by atoms with Gasteiger partial charge in [0.1, 0.15) is 0 Å². The summed E-state index contributed by atoms with van der Waals surface area (Å²) in [5.74, 6) is -0.284. The summed E-state index contributed by atoms with van der Waals surface area (Å²) in [6, 6.07) is 3.04. The fraction of sp³-hybridized carbons (Fsp3) is 0.500. The number of rotatable bonds is 7. The number of furan rings is 1. The van der Waals surface area contributed by atoms with Gasteiger partial charge in [0, 0.05) is 13.0 Å². The van der Waals surface area contributed by atoms with Crippen LogP contribution in [0.1, 0.15) is 36.2 Å².